The predicted octanol–water partition coefficient (Wildman–Crippen LogP) is 5.18. The minimum atomic E-state index is -3.00. The number of carbonyl (C=O) groups is 3. The van der Waals surface area contributed by atoms with Crippen LogP contribution in [0.25, 0.3) is 0 Å². The molecule has 3 aliphatic rings. The van der Waals surface area contributed by atoms with Gasteiger partial charge in [-0.05, 0) is 115 Å². The lowest BCUT2D eigenvalue weighted by Gasteiger charge is -2.38. The molecule has 1 aliphatic carbocycles. The third-order valence-electron chi connectivity index (χ3n) is 11.6. The number of amides is 1. The largest absolute Gasteiger partial charge is 0.456 e. The number of fused-ring (bicyclic) bond motifs is 1. The van der Waals surface area contributed by atoms with E-state index in [1.54, 1.807) is 7.11 Å². The van der Waals surface area contributed by atoms with Gasteiger partial charge in [0.1, 0.15) is 12.1 Å². The third kappa shape index (κ3) is 12.3. The van der Waals surface area contributed by atoms with E-state index in [-0.39, 0.29) is 43.4 Å². The lowest BCUT2D eigenvalue weighted by Crippen LogP contribution is -2.58. The van der Waals surface area contributed by atoms with Gasteiger partial charge in [-0.15, -0.1) is 0 Å². The molecule has 2 heterocycles. The Labute approximate surface area is 311 Å². The zero-order chi connectivity index (χ0) is 38.7. The van der Waals surface area contributed by atoms with Crippen LogP contribution < -0.4 is 0 Å². The van der Waals surface area contributed by atoms with E-state index in [2.05, 4.69) is 32.6 Å². The van der Waals surface area contributed by atoms with E-state index in [1.807, 2.05) is 13.8 Å². The number of esters is 1. The molecule has 0 unspecified atom stereocenters. The number of piperidine rings is 1. The maximum atomic E-state index is 14.0. The van der Waals surface area contributed by atoms with Gasteiger partial charge >= 0.3 is 5.97 Å². The standard InChI is InChI=1S/C41H67NO10/c1-25-12-13-26(2)21-36(44)30(6)37(28(4)22-31-14-16-32(43)17-15-31)52-40(47)35-11-9-10-18-42(35)39(46)38(45)41(48,49)29(5)23-34(51-8)24-33(50-7)20-27(3)19-25/h12,22,27,29-37,43-44,48-49H,2,9-11,13-21,23-24H2,1,3-8H3/b25-12+,28-22+/t27-,29+,30+,31?,32?,33-,34-,35-,36-,37+/m0/s1. The van der Waals surface area contributed by atoms with E-state index in [9.17, 15) is 34.8 Å². The number of ketones is 1. The number of nitrogens with zero attached hydrogens (tertiary/aromatic N) is 1. The van der Waals surface area contributed by atoms with E-state index in [1.165, 1.54) is 19.6 Å². The van der Waals surface area contributed by atoms with Crippen LogP contribution in [0.15, 0.2) is 35.5 Å². The molecule has 52 heavy (non-hydrogen) atoms. The van der Waals surface area contributed by atoms with Crippen LogP contribution in [0.3, 0.4) is 0 Å². The van der Waals surface area contributed by atoms with Gasteiger partial charge in [0, 0.05) is 32.6 Å². The van der Waals surface area contributed by atoms with Gasteiger partial charge in [0.25, 0.3) is 11.7 Å². The summed E-state index contributed by atoms with van der Waals surface area (Å²) < 4.78 is 17.7. The molecule has 2 aliphatic heterocycles. The smallest absolute Gasteiger partial charge is 0.329 e. The summed E-state index contributed by atoms with van der Waals surface area (Å²) in [7, 11) is 3.15. The van der Waals surface area contributed by atoms with E-state index < -0.39 is 59.6 Å². The molecule has 1 saturated carbocycles. The molecule has 0 aromatic carbocycles. The van der Waals surface area contributed by atoms with Crippen LogP contribution in [0.4, 0.5) is 0 Å². The van der Waals surface area contributed by atoms with Crippen LogP contribution in [0.5, 0.6) is 0 Å². The zero-order valence-electron chi connectivity index (χ0n) is 32.7. The Kier molecular flexibility index (Phi) is 17.2. The van der Waals surface area contributed by atoms with Crippen molar-refractivity contribution in [2.75, 3.05) is 20.8 Å². The van der Waals surface area contributed by atoms with Gasteiger partial charge in [0.15, 0.2) is 0 Å². The normalized spacial score (nSPS) is 37.1. The second-order valence-corrected chi connectivity index (χ2v) is 16.2. The number of rotatable bonds is 4. The highest BCUT2D eigenvalue weighted by Crippen LogP contribution is 2.33. The summed E-state index contributed by atoms with van der Waals surface area (Å²) >= 11 is 0. The molecule has 0 aromatic heterocycles. The average molecular weight is 734 g/mol. The number of hydrogen-bond acceptors (Lipinski definition) is 10. The molecule has 4 N–H and O–H groups in total. The summed E-state index contributed by atoms with van der Waals surface area (Å²) in [6.45, 7) is 13.8. The molecule has 11 heteroatoms. The van der Waals surface area contributed by atoms with Crippen molar-refractivity contribution in [2.45, 2.75) is 160 Å². The summed E-state index contributed by atoms with van der Waals surface area (Å²) in [5, 5.41) is 43.9. The summed E-state index contributed by atoms with van der Waals surface area (Å²) in [5.41, 5.74) is 2.81. The maximum Gasteiger partial charge on any atom is 0.329 e. The average Bonchev–Trinajstić information content (AvgIpc) is 3.11. The number of Topliss-reactive ketones (excluding diaryl/α,β-unsaturated/α-hetero) is 1. The van der Waals surface area contributed by atoms with Crippen molar-refractivity contribution in [1.82, 2.24) is 4.90 Å². The number of cyclic esters (lactones) is 1. The number of methoxy groups -OCH3 is 2. The molecule has 0 bridgehead atoms. The molecule has 296 valence electrons. The van der Waals surface area contributed by atoms with Gasteiger partial charge in [0.05, 0.1) is 24.4 Å². The van der Waals surface area contributed by atoms with Crippen molar-refractivity contribution in [3.05, 3.63) is 35.5 Å². The van der Waals surface area contributed by atoms with Gasteiger partial charge in [-0.25, -0.2) is 4.79 Å². The molecule has 1 amide bonds. The number of carbonyl (C=O) groups excluding carboxylic acids is 3. The van der Waals surface area contributed by atoms with Crippen LogP contribution in [-0.4, -0.2) is 106 Å². The first kappa shape index (κ1) is 44.0. The Morgan fingerprint density at radius 2 is 1.58 bits per heavy atom. The molecule has 2 fully saturated rings. The van der Waals surface area contributed by atoms with E-state index in [0.29, 0.717) is 44.9 Å². The van der Waals surface area contributed by atoms with Crippen molar-refractivity contribution < 1.29 is 49.0 Å². The fourth-order valence-corrected chi connectivity index (χ4v) is 8.16. The summed E-state index contributed by atoms with van der Waals surface area (Å²) in [6.07, 6.45) is 8.85. The highest BCUT2D eigenvalue weighted by atomic mass is 16.5. The molecular weight excluding hydrogens is 666 g/mol. The highest BCUT2D eigenvalue weighted by Gasteiger charge is 2.48. The zero-order valence-corrected chi connectivity index (χ0v) is 32.7. The monoisotopic (exact) mass is 733 g/mol. The number of aliphatic hydroxyl groups is 4. The van der Waals surface area contributed by atoms with Gasteiger partial charge in [-0.1, -0.05) is 50.6 Å². The van der Waals surface area contributed by atoms with Crippen molar-refractivity contribution >= 4 is 17.7 Å². The number of ether oxygens (including phenoxy) is 3. The summed E-state index contributed by atoms with van der Waals surface area (Å²) in [4.78, 5) is 42.5. The fourth-order valence-electron chi connectivity index (χ4n) is 8.16. The lowest BCUT2D eigenvalue weighted by molar-refractivity contribution is -0.208. The Hall–Kier alpha value is -2.41. The summed E-state index contributed by atoms with van der Waals surface area (Å²) in [5.74, 6) is -7.41. The Bertz CT molecular complexity index is 1270. The molecule has 1 saturated heterocycles. The number of hydrogen-bond donors (Lipinski definition) is 4. The maximum absolute atomic E-state index is 14.0. The van der Waals surface area contributed by atoms with Crippen molar-refractivity contribution in [3.63, 3.8) is 0 Å². The first-order chi connectivity index (χ1) is 24.5. The van der Waals surface area contributed by atoms with Crippen LogP contribution in [0.1, 0.15) is 118 Å². The molecule has 0 radical (unpaired) electrons. The van der Waals surface area contributed by atoms with E-state index in [4.69, 9.17) is 14.2 Å². The lowest BCUT2D eigenvalue weighted by atomic mass is 9.83. The van der Waals surface area contributed by atoms with Gasteiger partial charge in [-0.2, -0.15) is 0 Å². The van der Waals surface area contributed by atoms with Crippen molar-refractivity contribution in [3.8, 4) is 0 Å². The van der Waals surface area contributed by atoms with Crippen LogP contribution in [-0.2, 0) is 28.6 Å². The quantitative estimate of drug-likeness (QED) is 0.131. The molecule has 8 atom stereocenters. The van der Waals surface area contributed by atoms with Crippen molar-refractivity contribution in [2.24, 2.45) is 23.7 Å². The molecule has 0 aromatic rings. The highest BCUT2D eigenvalue weighted by molar-refractivity contribution is 6.39. The van der Waals surface area contributed by atoms with E-state index >= 15 is 0 Å². The van der Waals surface area contributed by atoms with Crippen LogP contribution in [0, 0.1) is 23.7 Å². The molecule has 0 spiro atoms. The Morgan fingerprint density at radius 1 is 0.942 bits per heavy atom. The van der Waals surface area contributed by atoms with Crippen molar-refractivity contribution in [1.29, 1.82) is 0 Å². The van der Waals surface area contributed by atoms with Crippen LogP contribution >= 0.6 is 0 Å². The minimum absolute atomic E-state index is 0.0801. The molecule has 11 nitrogen and oxygen atoms in total. The first-order valence-corrected chi connectivity index (χ1v) is 19.4. The SMILES string of the molecule is C=C1C/C=C(\C)C[C@H](C)C[C@H](OC)C[C@@H](OC)C[C@@H](C)C(O)(O)C(=O)C(=O)N2CCCC[C@H]2C(=O)O[C@H](/C(C)=C/C2CCC(O)CC2)[C@H](C)[C@@H](O)C1. The second kappa shape index (κ2) is 20.3. The van der Waals surface area contributed by atoms with Gasteiger partial charge in [0.2, 0.25) is 5.79 Å². The molecule has 3 rings (SSSR count). The van der Waals surface area contributed by atoms with Gasteiger partial charge < -0.3 is 39.5 Å². The fraction of sp³-hybridized carbons (Fsp3) is 0.780. The van der Waals surface area contributed by atoms with E-state index in [0.717, 1.165) is 41.7 Å². The van der Waals surface area contributed by atoms with Crippen LogP contribution in [0.2, 0.25) is 0 Å². The first-order valence-electron chi connectivity index (χ1n) is 19.4. The Balaban J connectivity index is 1.99. The van der Waals surface area contributed by atoms with Gasteiger partial charge in [-0.3, -0.25) is 9.59 Å². The third-order valence-corrected chi connectivity index (χ3v) is 11.6. The molecular formula is C41H67NO10. The Morgan fingerprint density at radius 3 is 2.21 bits per heavy atom. The summed E-state index contributed by atoms with van der Waals surface area (Å²) in [6, 6.07) is -1.11. The second-order valence-electron chi connectivity index (χ2n) is 16.2. The predicted molar refractivity (Wildman–Crippen MR) is 199 cm³/mol. The minimum Gasteiger partial charge on any atom is -0.456 e. The topological polar surface area (TPSA) is 163 Å². The number of allylic oxidation sites excluding steroid dienone is 3. The number of aliphatic hydroxyl groups excluding tert-OH is 2.